The number of fused-ring (bicyclic) bond motifs is 3. The summed E-state index contributed by atoms with van der Waals surface area (Å²) in [6, 6.07) is 0. The minimum Gasteiger partial charge on any atom is -0.372 e. The topological polar surface area (TPSA) is 38.2 Å². The van der Waals surface area contributed by atoms with Crippen LogP contribution in [0.5, 0.6) is 0 Å². The third-order valence-corrected chi connectivity index (χ3v) is 6.15. The first-order valence-electron chi connectivity index (χ1n) is 8.39. The van der Waals surface area contributed by atoms with Crippen molar-refractivity contribution < 1.29 is 4.74 Å². The molecule has 0 spiro atoms. The first kappa shape index (κ1) is 15.6. The Morgan fingerprint density at radius 1 is 1.17 bits per heavy atom. The molecule has 1 fully saturated rings. The van der Waals surface area contributed by atoms with Gasteiger partial charge < -0.3 is 9.64 Å². The van der Waals surface area contributed by atoms with Crippen molar-refractivity contribution in [3.8, 4) is 0 Å². The molecule has 124 valence electrons. The van der Waals surface area contributed by atoms with Crippen LogP contribution >= 0.6 is 22.9 Å². The Kier molecular flexibility index (Phi) is 3.98. The summed E-state index contributed by atoms with van der Waals surface area (Å²) in [5.74, 6) is 1.76. The number of ether oxygens (including phenoxy) is 1. The van der Waals surface area contributed by atoms with E-state index in [1.165, 1.54) is 22.2 Å². The molecule has 3 unspecified atom stereocenters. The lowest BCUT2D eigenvalue weighted by Gasteiger charge is -2.36. The molecule has 0 radical (unpaired) electrons. The van der Waals surface area contributed by atoms with Crippen molar-refractivity contribution in [2.24, 2.45) is 5.92 Å². The number of aromatic nitrogens is 2. The van der Waals surface area contributed by atoms with Gasteiger partial charge in [0.1, 0.15) is 10.6 Å². The van der Waals surface area contributed by atoms with Crippen LogP contribution < -0.4 is 4.90 Å². The Morgan fingerprint density at radius 3 is 2.65 bits per heavy atom. The zero-order valence-corrected chi connectivity index (χ0v) is 15.4. The molecule has 1 aliphatic carbocycles. The number of aryl methyl sites for hydroxylation is 1. The molecule has 2 aromatic rings. The summed E-state index contributed by atoms with van der Waals surface area (Å²) in [5.41, 5.74) is 1.46. The third kappa shape index (κ3) is 2.83. The summed E-state index contributed by atoms with van der Waals surface area (Å²) in [7, 11) is 0. The molecular weight excluding hydrogens is 330 g/mol. The van der Waals surface area contributed by atoms with E-state index in [4.69, 9.17) is 16.3 Å². The maximum atomic E-state index is 6.23. The van der Waals surface area contributed by atoms with Gasteiger partial charge in [0.15, 0.2) is 0 Å². The fourth-order valence-electron chi connectivity index (χ4n) is 3.88. The first-order chi connectivity index (χ1) is 11.0. The lowest BCUT2D eigenvalue weighted by atomic mass is 9.89. The summed E-state index contributed by atoms with van der Waals surface area (Å²) in [6.45, 7) is 8.28. The van der Waals surface area contributed by atoms with Gasteiger partial charge in [-0.2, -0.15) is 4.98 Å². The van der Waals surface area contributed by atoms with Crippen LogP contribution in [0.4, 0.5) is 5.82 Å². The standard InChI is InChI=1S/C17H22ClN3OS/c1-9-4-5-12-13(6-9)23-16-14(12)15(19-17(18)20-16)21-7-10(2)22-11(3)8-21/h9-11H,4-8H2,1-3H3. The SMILES string of the molecule is CC1CCc2c(sc3nc(Cl)nc(N4CC(C)OC(C)C4)c23)C1. The number of nitrogens with zero attached hydrogens (tertiary/aromatic N) is 3. The van der Waals surface area contributed by atoms with E-state index in [0.717, 1.165) is 42.5 Å². The highest BCUT2D eigenvalue weighted by Crippen LogP contribution is 2.41. The molecule has 0 bridgehead atoms. The maximum Gasteiger partial charge on any atom is 0.225 e. The Morgan fingerprint density at radius 2 is 1.91 bits per heavy atom. The van der Waals surface area contributed by atoms with E-state index in [0.29, 0.717) is 5.28 Å². The number of hydrogen-bond acceptors (Lipinski definition) is 5. The van der Waals surface area contributed by atoms with Crippen molar-refractivity contribution in [2.45, 2.75) is 52.2 Å². The number of thiophene rings is 1. The molecule has 0 aromatic carbocycles. The highest BCUT2D eigenvalue weighted by atomic mass is 35.5. The zero-order chi connectivity index (χ0) is 16.1. The van der Waals surface area contributed by atoms with E-state index in [2.05, 4.69) is 35.6 Å². The molecule has 0 amide bonds. The second kappa shape index (κ2) is 5.87. The predicted molar refractivity (Wildman–Crippen MR) is 95.8 cm³/mol. The normalized spacial score (nSPS) is 28.2. The Labute approximate surface area is 145 Å². The van der Waals surface area contributed by atoms with Crippen LogP contribution in [0.25, 0.3) is 10.2 Å². The molecule has 3 atom stereocenters. The predicted octanol–water partition coefficient (Wildman–Crippen LogP) is 4.08. The van der Waals surface area contributed by atoms with Crippen molar-refractivity contribution in [3.63, 3.8) is 0 Å². The van der Waals surface area contributed by atoms with E-state index >= 15 is 0 Å². The first-order valence-corrected chi connectivity index (χ1v) is 9.59. The van der Waals surface area contributed by atoms with Gasteiger partial charge in [-0.25, -0.2) is 4.98 Å². The average molecular weight is 352 g/mol. The van der Waals surface area contributed by atoms with Crippen molar-refractivity contribution >= 4 is 39.0 Å². The number of rotatable bonds is 1. The van der Waals surface area contributed by atoms with E-state index in [1.54, 1.807) is 11.3 Å². The maximum absolute atomic E-state index is 6.23. The van der Waals surface area contributed by atoms with Crippen LogP contribution in [-0.4, -0.2) is 35.3 Å². The number of anilines is 1. The van der Waals surface area contributed by atoms with Gasteiger partial charge in [-0.05, 0) is 56.2 Å². The smallest absolute Gasteiger partial charge is 0.225 e. The Bertz CT molecular complexity index is 737. The van der Waals surface area contributed by atoms with Crippen molar-refractivity contribution in [1.82, 2.24) is 9.97 Å². The molecule has 1 saturated heterocycles. The summed E-state index contributed by atoms with van der Waals surface area (Å²) in [6.07, 6.45) is 3.94. The quantitative estimate of drug-likeness (QED) is 0.725. The minimum absolute atomic E-state index is 0.206. The minimum atomic E-state index is 0.206. The highest BCUT2D eigenvalue weighted by Gasteiger charge is 2.29. The molecule has 2 aromatic heterocycles. The van der Waals surface area contributed by atoms with E-state index in [-0.39, 0.29) is 12.2 Å². The number of halogens is 1. The van der Waals surface area contributed by atoms with Gasteiger partial charge in [-0.3, -0.25) is 0 Å². The zero-order valence-electron chi connectivity index (χ0n) is 13.8. The molecule has 0 N–H and O–H groups in total. The highest BCUT2D eigenvalue weighted by molar-refractivity contribution is 7.19. The molecule has 3 heterocycles. The van der Waals surface area contributed by atoms with Crippen LogP contribution in [0, 0.1) is 5.92 Å². The molecule has 4 nitrogen and oxygen atoms in total. The van der Waals surface area contributed by atoms with Crippen LogP contribution in [0.2, 0.25) is 5.28 Å². The van der Waals surface area contributed by atoms with Gasteiger partial charge in [-0.15, -0.1) is 11.3 Å². The summed E-state index contributed by atoms with van der Waals surface area (Å²) < 4.78 is 5.87. The van der Waals surface area contributed by atoms with Crippen LogP contribution in [0.15, 0.2) is 0 Å². The molecule has 4 rings (SSSR count). The number of morpholine rings is 1. The Hall–Kier alpha value is -0.910. The van der Waals surface area contributed by atoms with Crippen LogP contribution in [0.1, 0.15) is 37.6 Å². The molecule has 1 aliphatic heterocycles. The molecule has 23 heavy (non-hydrogen) atoms. The largest absolute Gasteiger partial charge is 0.372 e. The molecular formula is C17H22ClN3OS. The molecule has 0 saturated carbocycles. The van der Waals surface area contributed by atoms with Gasteiger partial charge in [0.25, 0.3) is 0 Å². The Balaban J connectivity index is 1.85. The van der Waals surface area contributed by atoms with Gasteiger partial charge in [0.2, 0.25) is 5.28 Å². The fourth-order valence-corrected chi connectivity index (χ4v) is 5.47. The van der Waals surface area contributed by atoms with Gasteiger partial charge in [0, 0.05) is 18.0 Å². The van der Waals surface area contributed by atoms with Crippen LogP contribution in [0.3, 0.4) is 0 Å². The monoisotopic (exact) mass is 351 g/mol. The number of hydrogen-bond donors (Lipinski definition) is 0. The second-order valence-electron chi connectivity index (χ2n) is 7.01. The fraction of sp³-hybridized carbons (Fsp3) is 0.647. The van der Waals surface area contributed by atoms with Crippen molar-refractivity contribution in [1.29, 1.82) is 0 Å². The second-order valence-corrected chi connectivity index (χ2v) is 8.43. The summed E-state index contributed by atoms with van der Waals surface area (Å²) >= 11 is 8.04. The average Bonchev–Trinajstić information content (AvgIpc) is 2.82. The summed E-state index contributed by atoms with van der Waals surface area (Å²) in [5, 5.41) is 1.59. The lowest BCUT2D eigenvalue weighted by Crippen LogP contribution is -2.46. The van der Waals surface area contributed by atoms with Gasteiger partial charge in [-0.1, -0.05) is 6.92 Å². The van der Waals surface area contributed by atoms with Gasteiger partial charge in [0.05, 0.1) is 17.6 Å². The van der Waals surface area contributed by atoms with Crippen molar-refractivity contribution in [2.75, 3.05) is 18.0 Å². The van der Waals surface area contributed by atoms with Gasteiger partial charge >= 0.3 is 0 Å². The molecule has 2 aliphatic rings. The third-order valence-electron chi connectivity index (χ3n) is 4.83. The van der Waals surface area contributed by atoms with Crippen LogP contribution in [-0.2, 0) is 17.6 Å². The lowest BCUT2D eigenvalue weighted by molar-refractivity contribution is -0.00537. The molecule has 6 heteroatoms. The van der Waals surface area contributed by atoms with Crippen molar-refractivity contribution in [3.05, 3.63) is 15.7 Å². The van der Waals surface area contributed by atoms with E-state index < -0.39 is 0 Å². The van der Waals surface area contributed by atoms with E-state index in [9.17, 15) is 0 Å². The van der Waals surface area contributed by atoms with E-state index in [1.807, 2.05) is 0 Å². The summed E-state index contributed by atoms with van der Waals surface area (Å²) in [4.78, 5) is 14.0.